The van der Waals surface area contributed by atoms with E-state index in [1.165, 1.54) is 11.0 Å². The van der Waals surface area contributed by atoms with Crippen LogP contribution in [0, 0.1) is 0 Å². The number of ether oxygens (including phenoxy) is 2. The molecule has 0 aromatic rings. The number of hydrogen-bond acceptors (Lipinski definition) is 4. The van der Waals surface area contributed by atoms with E-state index in [9.17, 15) is 9.90 Å². The van der Waals surface area contributed by atoms with Crippen LogP contribution in [0.4, 0.5) is 4.79 Å². The Kier molecular flexibility index (Phi) is 4.46. The molecule has 0 aromatic heterocycles. The fourth-order valence-electron chi connectivity index (χ4n) is 1.98. The Balaban J connectivity index is 2.96. The molecule has 0 radical (unpaired) electrons. The van der Waals surface area contributed by atoms with Gasteiger partial charge in [-0.1, -0.05) is 6.58 Å². The molecule has 0 bridgehead atoms. The average Bonchev–Trinajstić information content (AvgIpc) is 2.51. The van der Waals surface area contributed by atoms with Gasteiger partial charge in [0, 0.05) is 0 Å². The average molecular weight is 269 g/mol. The van der Waals surface area contributed by atoms with Gasteiger partial charge in [0.1, 0.15) is 17.4 Å². The smallest absolute Gasteiger partial charge is 0.413 e. The Hall–Kier alpha value is -1.29. The quantitative estimate of drug-likeness (QED) is 0.780. The topological polar surface area (TPSA) is 59.0 Å². The van der Waals surface area contributed by atoms with Gasteiger partial charge in [-0.15, -0.1) is 5.73 Å². The molecule has 1 heterocycles. The molecule has 5 nitrogen and oxygen atoms in total. The summed E-state index contributed by atoms with van der Waals surface area (Å²) >= 11 is 0. The second-order valence-corrected chi connectivity index (χ2v) is 6.04. The number of amides is 1. The molecule has 1 fully saturated rings. The molecule has 1 amide bonds. The SMILES string of the molecule is C=C=CC(O)[C@@H]1COC(C)(C)N1C(=O)OC(C)(C)C. The molecule has 1 unspecified atom stereocenters. The van der Waals surface area contributed by atoms with Crippen molar-refractivity contribution in [2.24, 2.45) is 0 Å². The molecule has 1 N–H and O–H groups in total. The summed E-state index contributed by atoms with van der Waals surface area (Å²) in [7, 11) is 0. The van der Waals surface area contributed by atoms with E-state index in [-0.39, 0.29) is 6.61 Å². The first-order valence-corrected chi connectivity index (χ1v) is 6.29. The van der Waals surface area contributed by atoms with Crippen molar-refractivity contribution in [1.29, 1.82) is 0 Å². The maximum Gasteiger partial charge on any atom is 0.413 e. The molecule has 19 heavy (non-hydrogen) atoms. The number of hydrogen-bond donors (Lipinski definition) is 1. The lowest BCUT2D eigenvalue weighted by molar-refractivity contribution is -0.0660. The minimum Gasteiger partial charge on any atom is -0.444 e. The molecule has 1 rings (SSSR count). The van der Waals surface area contributed by atoms with Gasteiger partial charge in [0.2, 0.25) is 0 Å². The van der Waals surface area contributed by atoms with Crippen LogP contribution in [-0.2, 0) is 9.47 Å². The molecule has 1 aliphatic heterocycles. The van der Waals surface area contributed by atoms with Crippen molar-refractivity contribution in [2.45, 2.75) is 58.1 Å². The van der Waals surface area contributed by atoms with E-state index in [2.05, 4.69) is 12.3 Å². The summed E-state index contributed by atoms with van der Waals surface area (Å²) in [6, 6.07) is -0.501. The van der Waals surface area contributed by atoms with Crippen LogP contribution in [0.25, 0.3) is 0 Å². The third-order valence-corrected chi connectivity index (χ3v) is 2.79. The van der Waals surface area contributed by atoms with Gasteiger partial charge in [0.05, 0.1) is 12.6 Å². The fraction of sp³-hybridized carbons (Fsp3) is 0.714. The second kappa shape index (κ2) is 5.37. The van der Waals surface area contributed by atoms with Crippen molar-refractivity contribution in [3.63, 3.8) is 0 Å². The van der Waals surface area contributed by atoms with E-state index in [1.807, 2.05) is 0 Å². The standard InChI is InChI=1S/C14H23NO4/c1-7-8-11(16)10-9-18-14(5,6)15(10)12(17)19-13(2,3)4/h8,10-11,16H,1,9H2,2-6H3/t10-,11?/m0/s1. The summed E-state index contributed by atoms with van der Waals surface area (Å²) in [5, 5.41) is 10.0. The van der Waals surface area contributed by atoms with Crippen LogP contribution in [0.15, 0.2) is 18.4 Å². The predicted molar refractivity (Wildman–Crippen MR) is 71.6 cm³/mol. The monoisotopic (exact) mass is 269 g/mol. The van der Waals surface area contributed by atoms with Crippen molar-refractivity contribution < 1.29 is 19.4 Å². The highest BCUT2D eigenvalue weighted by molar-refractivity contribution is 5.70. The van der Waals surface area contributed by atoms with Gasteiger partial charge >= 0.3 is 6.09 Å². The van der Waals surface area contributed by atoms with Gasteiger partial charge in [0.15, 0.2) is 0 Å². The maximum atomic E-state index is 12.3. The van der Waals surface area contributed by atoms with Gasteiger partial charge in [-0.2, -0.15) is 0 Å². The van der Waals surface area contributed by atoms with Crippen LogP contribution in [-0.4, -0.2) is 46.2 Å². The first kappa shape index (κ1) is 15.8. The van der Waals surface area contributed by atoms with Crippen LogP contribution in [0.1, 0.15) is 34.6 Å². The zero-order valence-corrected chi connectivity index (χ0v) is 12.3. The minimum absolute atomic E-state index is 0.242. The third-order valence-electron chi connectivity index (χ3n) is 2.79. The molecule has 0 saturated carbocycles. The summed E-state index contributed by atoms with van der Waals surface area (Å²) in [5.74, 6) is 0. The molecular weight excluding hydrogens is 246 g/mol. The molecule has 0 spiro atoms. The molecule has 2 atom stereocenters. The van der Waals surface area contributed by atoms with Crippen molar-refractivity contribution in [3.05, 3.63) is 18.4 Å². The lowest BCUT2D eigenvalue weighted by Gasteiger charge is -2.35. The Labute approximate surface area is 114 Å². The fourth-order valence-corrected chi connectivity index (χ4v) is 1.98. The van der Waals surface area contributed by atoms with Crippen LogP contribution >= 0.6 is 0 Å². The summed E-state index contributed by atoms with van der Waals surface area (Å²) < 4.78 is 10.9. The van der Waals surface area contributed by atoms with Gasteiger partial charge in [0.25, 0.3) is 0 Å². The number of aliphatic hydroxyl groups is 1. The predicted octanol–water partition coefficient (Wildman–Crippen LogP) is 2.06. The number of nitrogens with zero attached hydrogens (tertiary/aromatic N) is 1. The van der Waals surface area contributed by atoms with E-state index in [0.717, 1.165) is 0 Å². The Bertz CT molecular complexity index is 391. The molecule has 1 saturated heterocycles. The maximum absolute atomic E-state index is 12.3. The number of carbonyl (C=O) groups excluding carboxylic acids is 1. The third kappa shape index (κ3) is 3.83. The van der Waals surface area contributed by atoms with Crippen LogP contribution in [0.3, 0.4) is 0 Å². The van der Waals surface area contributed by atoms with Gasteiger partial charge in [-0.05, 0) is 40.7 Å². The van der Waals surface area contributed by atoms with E-state index in [0.29, 0.717) is 0 Å². The molecule has 1 aliphatic rings. The summed E-state index contributed by atoms with van der Waals surface area (Å²) in [6.45, 7) is 12.6. The number of carbonyl (C=O) groups is 1. The minimum atomic E-state index is -0.883. The highest BCUT2D eigenvalue weighted by atomic mass is 16.6. The van der Waals surface area contributed by atoms with E-state index < -0.39 is 29.6 Å². The number of rotatable bonds is 2. The van der Waals surface area contributed by atoms with Crippen molar-refractivity contribution in [1.82, 2.24) is 4.90 Å². The Morgan fingerprint density at radius 3 is 2.68 bits per heavy atom. The van der Waals surface area contributed by atoms with Crippen LogP contribution in [0.2, 0.25) is 0 Å². The molecule has 0 aromatic carbocycles. The first-order valence-electron chi connectivity index (χ1n) is 6.29. The Morgan fingerprint density at radius 2 is 2.21 bits per heavy atom. The lowest BCUT2D eigenvalue weighted by Crippen LogP contribution is -2.52. The molecule has 5 heteroatoms. The van der Waals surface area contributed by atoms with E-state index >= 15 is 0 Å². The largest absolute Gasteiger partial charge is 0.444 e. The highest BCUT2D eigenvalue weighted by Crippen LogP contribution is 2.31. The normalized spacial score (nSPS) is 23.7. The van der Waals surface area contributed by atoms with Crippen molar-refractivity contribution >= 4 is 6.09 Å². The van der Waals surface area contributed by atoms with Gasteiger partial charge < -0.3 is 14.6 Å². The summed E-state index contributed by atoms with van der Waals surface area (Å²) in [6.07, 6.45) is 0.0237. The van der Waals surface area contributed by atoms with Crippen LogP contribution in [0.5, 0.6) is 0 Å². The van der Waals surface area contributed by atoms with Crippen molar-refractivity contribution in [3.8, 4) is 0 Å². The van der Waals surface area contributed by atoms with Gasteiger partial charge in [-0.3, -0.25) is 4.90 Å². The zero-order valence-electron chi connectivity index (χ0n) is 12.3. The summed E-state index contributed by atoms with van der Waals surface area (Å²) in [5.41, 5.74) is 1.11. The van der Waals surface area contributed by atoms with Crippen molar-refractivity contribution in [2.75, 3.05) is 6.61 Å². The second-order valence-electron chi connectivity index (χ2n) is 6.04. The molecular formula is C14H23NO4. The first-order chi connectivity index (χ1) is 8.58. The van der Waals surface area contributed by atoms with Crippen LogP contribution < -0.4 is 0 Å². The number of aliphatic hydroxyl groups excluding tert-OH is 1. The Morgan fingerprint density at radius 1 is 1.63 bits per heavy atom. The highest BCUT2D eigenvalue weighted by Gasteiger charge is 2.47. The zero-order chi connectivity index (χ0) is 14.8. The molecule has 108 valence electrons. The summed E-state index contributed by atoms with van der Waals surface area (Å²) in [4.78, 5) is 13.7. The van der Waals surface area contributed by atoms with E-state index in [4.69, 9.17) is 9.47 Å². The van der Waals surface area contributed by atoms with Gasteiger partial charge in [-0.25, -0.2) is 4.79 Å². The lowest BCUT2D eigenvalue weighted by atomic mass is 10.1. The molecule has 0 aliphatic carbocycles. The van der Waals surface area contributed by atoms with E-state index in [1.54, 1.807) is 34.6 Å².